The van der Waals surface area contributed by atoms with Crippen LogP contribution in [0.4, 0.5) is 0 Å². The fourth-order valence-electron chi connectivity index (χ4n) is 1.66. The quantitative estimate of drug-likeness (QED) is 0.689. The number of hydrogen-bond donors (Lipinski definition) is 0. The first kappa shape index (κ1) is 9.97. The third kappa shape index (κ3) is 1.94. The summed E-state index contributed by atoms with van der Waals surface area (Å²) in [6.07, 6.45) is 1.92. The van der Waals surface area contributed by atoms with Gasteiger partial charge in [0.15, 0.2) is 0 Å². The number of esters is 1. The van der Waals surface area contributed by atoms with E-state index in [1.807, 2.05) is 50.3 Å². The molecule has 1 aliphatic heterocycles. The van der Waals surface area contributed by atoms with Gasteiger partial charge in [-0.05, 0) is 12.0 Å². The van der Waals surface area contributed by atoms with E-state index in [0.717, 1.165) is 5.56 Å². The lowest BCUT2D eigenvalue weighted by atomic mass is 9.96. The summed E-state index contributed by atoms with van der Waals surface area (Å²) in [5.74, 6) is 0.752. The Morgan fingerprint density at radius 1 is 1.20 bits per heavy atom. The zero-order chi connectivity index (χ0) is 10.8. The van der Waals surface area contributed by atoms with Crippen LogP contribution in [0.15, 0.2) is 36.4 Å². The minimum absolute atomic E-state index is 0.0970. The molecule has 1 heterocycles. The van der Waals surface area contributed by atoms with Crippen LogP contribution in [0.25, 0.3) is 5.76 Å². The highest BCUT2D eigenvalue weighted by molar-refractivity contribution is 5.87. The Hall–Kier alpha value is -1.57. The summed E-state index contributed by atoms with van der Waals surface area (Å²) in [5, 5.41) is 0. The number of carbonyl (C=O) groups excluding carboxylic acids is 1. The smallest absolute Gasteiger partial charge is 0.318 e. The maximum absolute atomic E-state index is 11.5. The number of cyclic esters (lactones) is 1. The molecule has 0 bridgehead atoms. The molecular formula is C13H14O2. The average Bonchev–Trinajstić information content (AvgIpc) is 2.62. The Morgan fingerprint density at radius 2 is 1.87 bits per heavy atom. The molecular weight excluding hydrogens is 188 g/mol. The fourth-order valence-corrected chi connectivity index (χ4v) is 1.66. The van der Waals surface area contributed by atoms with E-state index >= 15 is 0 Å². The molecule has 2 rings (SSSR count). The Labute approximate surface area is 89.6 Å². The van der Waals surface area contributed by atoms with Crippen molar-refractivity contribution in [2.45, 2.75) is 13.8 Å². The Morgan fingerprint density at radius 3 is 2.40 bits per heavy atom. The predicted octanol–water partition coefficient (Wildman–Crippen LogP) is 2.86. The molecule has 0 radical (unpaired) electrons. The van der Waals surface area contributed by atoms with Gasteiger partial charge in [-0.1, -0.05) is 44.2 Å². The molecule has 0 N–H and O–H groups in total. The van der Waals surface area contributed by atoms with E-state index in [4.69, 9.17) is 4.74 Å². The van der Waals surface area contributed by atoms with E-state index in [1.54, 1.807) is 0 Å². The summed E-state index contributed by atoms with van der Waals surface area (Å²) in [5.41, 5.74) is 0.967. The number of carbonyl (C=O) groups is 1. The van der Waals surface area contributed by atoms with Crippen LogP contribution >= 0.6 is 0 Å². The van der Waals surface area contributed by atoms with Gasteiger partial charge in [0, 0.05) is 5.56 Å². The second kappa shape index (κ2) is 3.89. The van der Waals surface area contributed by atoms with Crippen LogP contribution in [0.1, 0.15) is 19.4 Å². The molecule has 15 heavy (non-hydrogen) atoms. The predicted molar refractivity (Wildman–Crippen MR) is 58.8 cm³/mol. The molecule has 0 amide bonds. The second-order valence-corrected chi connectivity index (χ2v) is 4.09. The van der Waals surface area contributed by atoms with E-state index < -0.39 is 0 Å². The molecule has 0 saturated carbocycles. The van der Waals surface area contributed by atoms with E-state index in [0.29, 0.717) is 11.7 Å². The first-order chi connectivity index (χ1) is 7.18. The van der Waals surface area contributed by atoms with Crippen LogP contribution in [0.3, 0.4) is 0 Å². The summed E-state index contributed by atoms with van der Waals surface area (Å²) in [4.78, 5) is 11.5. The summed E-state index contributed by atoms with van der Waals surface area (Å²) in [6.45, 7) is 4.05. The van der Waals surface area contributed by atoms with Crippen LogP contribution < -0.4 is 0 Å². The van der Waals surface area contributed by atoms with Crippen molar-refractivity contribution in [2.24, 2.45) is 11.8 Å². The SMILES string of the molecule is CC(C)C1C=C(c2ccccc2)OC1=O. The number of benzene rings is 1. The first-order valence-corrected chi connectivity index (χ1v) is 5.17. The summed E-state index contributed by atoms with van der Waals surface area (Å²) in [7, 11) is 0. The molecule has 1 aromatic carbocycles. The Kier molecular flexibility index (Phi) is 2.58. The van der Waals surface area contributed by atoms with E-state index in [1.165, 1.54) is 0 Å². The van der Waals surface area contributed by atoms with E-state index in [2.05, 4.69) is 0 Å². The lowest BCUT2D eigenvalue weighted by molar-refractivity contribution is -0.138. The lowest BCUT2D eigenvalue weighted by Gasteiger charge is -2.06. The standard InChI is InChI=1S/C13H14O2/c1-9(2)11-8-12(15-13(11)14)10-6-4-3-5-7-10/h3-9,11H,1-2H3. The zero-order valence-corrected chi connectivity index (χ0v) is 8.94. The zero-order valence-electron chi connectivity index (χ0n) is 8.94. The second-order valence-electron chi connectivity index (χ2n) is 4.09. The van der Waals surface area contributed by atoms with Crippen LogP contribution in [0, 0.1) is 11.8 Å². The molecule has 0 aliphatic carbocycles. The van der Waals surface area contributed by atoms with Crippen LogP contribution in [0.2, 0.25) is 0 Å². The Balaban J connectivity index is 2.27. The third-order valence-electron chi connectivity index (χ3n) is 2.59. The topological polar surface area (TPSA) is 26.3 Å². The van der Waals surface area contributed by atoms with Gasteiger partial charge >= 0.3 is 5.97 Å². The number of ether oxygens (including phenoxy) is 1. The van der Waals surface area contributed by atoms with Crippen LogP contribution in [-0.2, 0) is 9.53 Å². The lowest BCUT2D eigenvalue weighted by Crippen LogP contribution is -2.14. The van der Waals surface area contributed by atoms with Crippen molar-refractivity contribution in [1.29, 1.82) is 0 Å². The molecule has 0 fully saturated rings. The highest BCUT2D eigenvalue weighted by Gasteiger charge is 2.30. The van der Waals surface area contributed by atoms with Gasteiger partial charge in [-0.25, -0.2) is 0 Å². The van der Waals surface area contributed by atoms with E-state index in [-0.39, 0.29) is 11.9 Å². The molecule has 1 aromatic rings. The van der Waals surface area contributed by atoms with Crippen LogP contribution in [-0.4, -0.2) is 5.97 Å². The Bertz CT molecular complexity index is 390. The van der Waals surface area contributed by atoms with Crippen molar-refractivity contribution < 1.29 is 9.53 Å². The van der Waals surface area contributed by atoms with Gasteiger partial charge in [0.05, 0.1) is 5.92 Å². The van der Waals surface area contributed by atoms with Crippen molar-refractivity contribution in [2.75, 3.05) is 0 Å². The largest absolute Gasteiger partial charge is 0.426 e. The van der Waals surface area contributed by atoms with Crippen molar-refractivity contribution >= 4 is 11.7 Å². The van der Waals surface area contributed by atoms with E-state index in [9.17, 15) is 4.79 Å². The molecule has 1 atom stereocenters. The van der Waals surface area contributed by atoms with Crippen molar-refractivity contribution in [1.82, 2.24) is 0 Å². The molecule has 1 unspecified atom stereocenters. The third-order valence-corrected chi connectivity index (χ3v) is 2.59. The summed E-state index contributed by atoms with van der Waals surface area (Å²) >= 11 is 0. The monoisotopic (exact) mass is 202 g/mol. The minimum atomic E-state index is -0.135. The van der Waals surface area contributed by atoms with Gasteiger partial charge in [-0.2, -0.15) is 0 Å². The minimum Gasteiger partial charge on any atom is -0.426 e. The molecule has 0 spiro atoms. The number of hydrogen-bond acceptors (Lipinski definition) is 2. The highest BCUT2D eigenvalue weighted by atomic mass is 16.5. The summed E-state index contributed by atoms with van der Waals surface area (Å²) in [6, 6.07) is 9.71. The van der Waals surface area contributed by atoms with Gasteiger partial charge in [0.25, 0.3) is 0 Å². The highest BCUT2D eigenvalue weighted by Crippen LogP contribution is 2.30. The van der Waals surface area contributed by atoms with Crippen molar-refractivity contribution in [3.8, 4) is 0 Å². The molecule has 2 nitrogen and oxygen atoms in total. The maximum atomic E-state index is 11.5. The molecule has 0 aromatic heterocycles. The van der Waals surface area contributed by atoms with Gasteiger partial charge in [-0.15, -0.1) is 0 Å². The van der Waals surface area contributed by atoms with Gasteiger partial charge in [-0.3, -0.25) is 4.79 Å². The molecule has 0 saturated heterocycles. The van der Waals surface area contributed by atoms with Gasteiger partial charge < -0.3 is 4.74 Å². The maximum Gasteiger partial charge on any atom is 0.318 e. The fraction of sp³-hybridized carbons (Fsp3) is 0.308. The van der Waals surface area contributed by atoms with Crippen molar-refractivity contribution in [3.63, 3.8) is 0 Å². The normalized spacial score (nSPS) is 20.3. The van der Waals surface area contributed by atoms with Crippen molar-refractivity contribution in [3.05, 3.63) is 42.0 Å². The van der Waals surface area contributed by atoms with Gasteiger partial charge in [0.2, 0.25) is 0 Å². The number of rotatable bonds is 2. The molecule has 2 heteroatoms. The average molecular weight is 202 g/mol. The van der Waals surface area contributed by atoms with Gasteiger partial charge in [0.1, 0.15) is 5.76 Å². The first-order valence-electron chi connectivity index (χ1n) is 5.17. The van der Waals surface area contributed by atoms with Crippen LogP contribution in [0.5, 0.6) is 0 Å². The molecule has 1 aliphatic rings. The molecule has 78 valence electrons. The summed E-state index contributed by atoms with van der Waals surface area (Å²) < 4.78 is 5.24.